The lowest BCUT2D eigenvalue weighted by Gasteiger charge is -2.34. The van der Waals surface area contributed by atoms with Crippen molar-refractivity contribution in [3.63, 3.8) is 0 Å². The molecule has 1 aliphatic rings. The van der Waals surface area contributed by atoms with Crippen molar-refractivity contribution in [3.05, 3.63) is 0 Å². The summed E-state index contributed by atoms with van der Waals surface area (Å²) in [4.78, 5) is 2.52. The Morgan fingerprint density at radius 1 is 1.56 bits per heavy atom. The van der Waals surface area contributed by atoms with Gasteiger partial charge in [0.05, 0.1) is 6.07 Å². The molecule has 0 aromatic rings. The number of nitriles is 1. The van der Waals surface area contributed by atoms with Gasteiger partial charge in [0, 0.05) is 13.1 Å². The molecule has 2 atom stereocenters. The first-order chi connectivity index (χ1) is 7.63. The van der Waals surface area contributed by atoms with Gasteiger partial charge in [-0.25, -0.2) is 0 Å². The fourth-order valence-electron chi connectivity index (χ4n) is 2.31. The first kappa shape index (κ1) is 13.5. The maximum atomic E-state index is 9.08. The predicted molar refractivity (Wildman–Crippen MR) is 67.1 cm³/mol. The molecular weight excluding hydrogens is 198 g/mol. The van der Waals surface area contributed by atoms with Crippen LogP contribution in [0.4, 0.5) is 0 Å². The van der Waals surface area contributed by atoms with Gasteiger partial charge in [0.15, 0.2) is 0 Å². The van der Waals surface area contributed by atoms with Crippen LogP contribution in [0.15, 0.2) is 0 Å². The number of likely N-dealkylation sites (tertiary alicyclic amines) is 1. The Hall–Kier alpha value is -0.590. The number of nitrogens with zero attached hydrogens (tertiary/aromatic N) is 2. The zero-order valence-electron chi connectivity index (χ0n) is 10.9. The van der Waals surface area contributed by atoms with Crippen molar-refractivity contribution in [2.24, 2.45) is 5.92 Å². The monoisotopic (exact) mass is 223 g/mol. The fourth-order valence-corrected chi connectivity index (χ4v) is 2.31. The van der Waals surface area contributed by atoms with E-state index in [1.54, 1.807) is 0 Å². The third-order valence-corrected chi connectivity index (χ3v) is 3.91. The van der Waals surface area contributed by atoms with Gasteiger partial charge in [-0.15, -0.1) is 0 Å². The molecule has 0 aromatic carbocycles. The van der Waals surface area contributed by atoms with Crippen LogP contribution in [-0.4, -0.2) is 37.1 Å². The van der Waals surface area contributed by atoms with E-state index in [0.29, 0.717) is 0 Å². The van der Waals surface area contributed by atoms with Gasteiger partial charge >= 0.3 is 0 Å². The molecule has 0 saturated carbocycles. The lowest BCUT2D eigenvalue weighted by Crippen LogP contribution is -2.43. The fraction of sp³-hybridized carbons (Fsp3) is 0.923. The standard InChI is InChI=1S/C13H25N3/c1-4-12-6-5-8-16(10-12)9-7-13(2,11-14)15-3/h12,15H,4-10H2,1-3H3. The van der Waals surface area contributed by atoms with Crippen molar-refractivity contribution in [2.45, 2.75) is 45.1 Å². The van der Waals surface area contributed by atoms with Gasteiger partial charge in [-0.1, -0.05) is 13.3 Å². The Bertz CT molecular complexity index is 246. The van der Waals surface area contributed by atoms with Crippen LogP contribution in [0.1, 0.15) is 39.5 Å². The van der Waals surface area contributed by atoms with Crippen LogP contribution in [0.3, 0.4) is 0 Å². The zero-order valence-corrected chi connectivity index (χ0v) is 10.9. The minimum absolute atomic E-state index is 0.362. The molecular formula is C13H25N3. The number of hydrogen-bond donors (Lipinski definition) is 1. The van der Waals surface area contributed by atoms with E-state index < -0.39 is 0 Å². The minimum Gasteiger partial charge on any atom is -0.303 e. The second-order valence-electron chi connectivity index (χ2n) is 5.16. The Labute approximate surface area is 99.8 Å². The smallest absolute Gasteiger partial charge is 0.104 e. The number of rotatable bonds is 5. The van der Waals surface area contributed by atoms with E-state index >= 15 is 0 Å². The van der Waals surface area contributed by atoms with Crippen molar-refractivity contribution in [2.75, 3.05) is 26.7 Å². The largest absolute Gasteiger partial charge is 0.303 e. The molecule has 3 heteroatoms. The number of hydrogen-bond acceptors (Lipinski definition) is 3. The van der Waals surface area contributed by atoms with Gasteiger partial charge in [-0.2, -0.15) is 5.26 Å². The van der Waals surface area contributed by atoms with Gasteiger partial charge in [0.1, 0.15) is 5.54 Å². The van der Waals surface area contributed by atoms with E-state index in [2.05, 4.69) is 23.2 Å². The third kappa shape index (κ3) is 3.77. The molecule has 1 N–H and O–H groups in total. The molecule has 2 unspecified atom stereocenters. The molecule has 0 aromatic heterocycles. The summed E-state index contributed by atoms with van der Waals surface area (Å²) in [6, 6.07) is 2.36. The van der Waals surface area contributed by atoms with Crippen molar-refractivity contribution in [1.29, 1.82) is 5.26 Å². The van der Waals surface area contributed by atoms with Crippen LogP contribution in [0.2, 0.25) is 0 Å². The Balaban J connectivity index is 2.35. The molecule has 0 spiro atoms. The molecule has 0 radical (unpaired) electrons. The van der Waals surface area contributed by atoms with Gasteiger partial charge in [-0.05, 0) is 45.7 Å². The summed E-state index contributed by atoms with van der Waals surface area (Å²) < 4.78 is 0. The van der Waals surface area contributed by atoms with Crippen molar-refractivity contribution in [3.8, 4) is 6.07 Å². The summed E-state index contributed by atoms with van der Waals surface area (Å²) in [5.74, 6) is 0.872. The maximum absolute atomic E-state index is 9.08. The van der Waals surface area contributed by atoms with Crippen LogP contribution >= 0.6 is 0 Å². The quantitative estimate of drug-likeness (QED) is 0.775. The normalized spacial score (nSPS) is 26.0. The summed E-state index contributed by atoms with van der Waals surface area (Å²) in [5.41, 5.74) is -0.362. The van der Waals surface area contributed by atoms with Crippen molar-refractivity contribution in [1.82, 2.24) is 10.2 Å². The summed E-state index contributed by atoms with van der Waals surface area (Å²) >= 11 is 0. The van der Waals surface area contributed by atoms with Crippen LogP contribution in [0.25, 0.3) is 0 Å². The highest BCUT2D eigenvalue weighted by Gasteiger charge is 2.24. The molecule has 0 bridgehead atoms. The molecule has 92 valence electrons. The van der Waals surface area contributed by atoms with E-state index in [4.69, 9.17) is 5.26 Å². The highest BCUT2D eigenvalue weighted by molar-refractivity contribution is 5.03. The lowest BCUT2D eigenvalue weighted by atomic mass is 9.94. The highest BCUT2D eigenvalue weighted by atomic mass is 15.1. The summed E-state index contributed by atoms with van der Waals surface area (Å²) in [5, 5.41) is 12.2. The lowest BCUT2D eigenvalue weighted by molar-refractivity contribution is 0.161. The average Bonchev–Trinajstić information content (AvgIpc) is 2.36. The summed E-state index contributed by atoms with van der Waals surface area (Å²) in [7, 11) is 1.87. The average molecular weight is 223 g/mol. The van der Waals surface area contributed by atoms with Gasteiger partial charge in [0.25, 0.3) is 0 Å². The number of piperidine rings is 1. The minimum atomic E-state index is -0.362. The molecule has 1 fully saturated rings. The SMILES string of the molecule is CCC1CCCN(CCC(C)(C#N)NC)C1. The second kappa shape index (κ2) is 6.22. The second-order valence-corrected chi connectivity index (χ2v) is 5.16. The first-order valence-corrected chi connectivity index (χ1v) is 6.46. The molecule has 1 saturated heterocycles. The van der Waals surface area contributed by atoms with Gasteiger partial charge in [0.2, 0.25) is 0 Å². The van der Waals surface area contributed by atoms with Crippen molar-refractivity contribution < 1.29 is 0 Å². The van der Waals surface area contributed by atoms with E-state index in [1.165, 1.54) is 32.4 Å². The first-order valence-electron chi connectivity index (χ1n) is 6.46. The molecule has 3 nitrogen and oxygen atoms in total. The van der Waals surface area contributed by atoms with E-state index in [1.807, 2.05) is 14.0 Å². The van der Waals surface area contributed by atoms with Crippen LogP contribution in [0.5, 0.6) is 0 Å². The van der Waals surface area contributed by atoms with E-state index in [9.17, 15) is 0 Å². The van der Waals surface area contributed by atoms with Crippen LogP contribution in [-0.2, 0) is 0 Å². The molecule has 0 aliphatic carbocycles. The Morgan fingerprint density at radius 2 is 2.31 bits per heavy atom. The molecule has 1 rings (SSSR count). The Kier molecular flexibility index (Phi) is 5.24. The topological polar surface area (TPSA) is 39.1 Å². The van der Waals surface area contributed by atoms with Crippen molar-refractivity contribution >= 4 is 0 Å². The molecule has 1 aliphatic heterocycles. The van der Waals surface area contributed by atoms with Crippen LogP contribution < -0.4 is 5.32 Å². The van der Waals surface area contributed by atoms with Gasteiger partial charge < -0.3 is 10.2 Å². The summed E-state index contributed by atoms with van der Waals surface area (Å²) in [6.45, 7) is 7.74. The van der Waals surface area contributed by atoms with E-state index in [0.717, 1.165) is 18.9 Å². The molecule has 0 amide bonds. The predicted octanol–water partition coefficient (Wildman–Crippen LogP) is 2.00. The van der Waals surface area contributed by atoms with Crippen LogP contribution in [0, 0.1) is 17.2 Å². The zero-order chi connectivity index (χ0) is 12.0. The third-order valence-electron chi connectivity index (χ3n) is 3.91. The van der Waals surface area contributed by atoms with E-state index in [-0.39, 0.29) is 5.54 Å². The highest BCUT2D eigenvalue weighted by Crippen LogP contribution is 2.20. The Morgan fingerprint density at radius 3 is 2.88 bits per heavy atom. The molecule has 1 heterocycles. The molecule has 16 heavy (non-hydrogen) atoms. The number of nitrogens with one attached hydrogen (secondary N) is 1. The van der Waals surface area contributed by atoms with Gasteiger partial charge in [-0.3, -0.25) is 0 Å². The summed E-state index contributed by atoms with van der Waals surface area (Å²) in [6.07, 6.45) is 4.91. The maximum Gasteiger partial charge on any atom is 0.104 e.